The van der Waals surface area contributed by atoms with Crippen LogP contribution < -0.4 is 5.32 Å². The maximum absolute atomic E-state index is 13.3. The van der Waals surface area contributed by atoms with Gasteiger partial charge in [0.1, 0.15) is 5.69 Å². The van der Waals surface area contributed by atoms with E-state index in [0.29, 0.717) is 6.54 Å². The molecule has 18 heavy (non-hydrogen) atoms. The first-order valence-corrected chi connectivity index (χ1v) is 5.89. The van der Waals surface area contributed by atoms with Crippen LogP contribution in [0.4, 0.5) is 23.2 Å². The third-order valence-corrected chi connectivity index (χ3v) is 3.04. The van der Waals surface area contributed by atoms with E-state index in [1.165, 1.54) is 0 Å². The molecule has 6 heteroatoms. The van der Waals surface area contributed by atoms with Gasteiger partial charge in [-0.1, -0.05) is 0 Å². The van der Waals surface area contributed by atoms with E-state index in [1.807, 2.05) is 0 Å². The number of rotatable bonds is 4. The fourth-order valence-corrected chi connectivity index (χ4v) is 2.07. The molecule has 1 aromatic rings. The van der Waals surface area contributed by atoms with Gasteiger partial charge in [-0.15, -0.1) is 0 Å². The van der Waals surface area contributed by atoms with Gasteiger partial charge >= 0.3 is 0 Å². The number of halogens is 4. The molecule has 0 bridgehead atoms. The largest absolute Gasteiger partial charge is 0.379 e. The van der Waals surface area contributed by atoms with E-state index < -0.39 is 29.0 Å². The van der Waals surface area contributed by atoms with E-state index in [0.717, 1.165) is 25.9 Å². The van der Waals surface area contributed by atoms with Crippen LogP contribution in [0.3, 0.4) is 0 Å². The number of nitrogens with zero attached hydrogens (tertiary/aromatic N) is 1. The topological polar surface area (TPSA) is 15.3 Å². The lowest BCUT2D eigenvalue weighted by Crippen LogP contribution is -2.26. The summed E-state index contributed by atoms with van der Waals surface area (Å²) in [4.78, 5) is 2.12. The Bertz CT molecular complexity index is 404. The van der Waals surface area contributed by atoms with Crippen LogP contribution in [0.15, 0.2) is 6.07 Å². The minimum atomic E-state index is -1.39. The van der Waals surface area contributed by atoms with Gasteiger partial charge in [-0.25, -0.2) is 17.6 Å². The van der Waals surface area contributed by atoms with Crippen LogP contribution in [-0.2, 0) is 0 Å². The SMILES string of the molecule is Fc1cc(F)c(F)c(NCCN2CCCC2)c1F. The number of benzene rings is 1. The zero-order valence-corrected chi connectivity index (χ0v) is 9.78. The predicted molar refractivity (Wildman–Crippen MR) is 60.4 cm³/mol. The van der Waals surface area contributed by atoms with Gasteiger partial charge in [0.05, 0.1) is 0 Å². The molecule has 1 N–H and O–H groups in total. The van der Waals surface area contributed by atoms with Crippen molar-refractivity contribution in [3.8, 4) is 0 Å². The van der Waals surface area contributed by atoms with Gasteiger partial charge in [0.25, 0.3) is 0 Å². The molecule has 0 saturated carbocycles. The van der Waals surface area contributed by atoms with Gasteiger partial charge in [-0.2, -0.15) is 0 Å². The molecule has 1 saturated heterocycles. The highest BCUT2D eigenvalue weighted by molar-refractivity contribution is 5.47. The quantitative estimate of drug-likeness (QED) is 0.663. The standard InChI is InChI=1S/C12H14F4N2/c13-8-7-9(14)11(16)12(10(8)15)17-3-6-18-4-1-2-5-18/h7,17H,1-6H2. The predicted octanol–water partition coefficient (Wildman–Crippen LogP) is 2.75. The summed E-state index contributed by atoms with van der Waals surface area (Å²) < 4.78 is 52.4. The zero-order chi connectivity index (χ0) is 13.1. The Morgan fingerprint density at radius 1 is 1.00 bits per heavy atom. The van der Waals surface area contributed by atoms with E-state index in [4.69, 9.17) is 0 Å². The Hall–Kier alpha value is -1.30. The van der Waals surface area contributed by atoms with E-state index >= 15 is 0 Å². The average molecular weight is 262 g/mol. The Balaban J connectivity index is 1.99. The molecule has 1 aliphatic heterocycles. The monoisotopic (exact) mass is 262 g/mol. The van der Waals surface area contributed by atoms with Crippen LogP contribution in [0, 0.1) is 23.3 Å². The van der Waals surface area contributed by atoms with Crippen molar-refractivity contribution in [1.29, 1.82) is 0 Å². The summed E-state index contributed by atoms with van der Waals surface area (Å²) >= 11 is 0. The molecule has 0 amide bonds. The third-order valence-electron chi connectivity index (χ3n) is 3.04. The smallest absolute Gasteiger partial charge is 0.185 e. The number of anilines is 1. The normalized spacial score (nSPS) is 16.2. The molecule has 1 aromatic carbocycles. The zero-order valence-electron chi connectivity index (χ0n) is 9.78. The molecule has 1 fully saturated rings. The van der Waals surface area contributed by atoms with Gasteiger partial charge in [0, 0.05) is 19.2 Å². The summed E-state index contributed by atoms with van der Waals surface area (Å²) in [6.07, 6.45) is 2.22. The van der Waals surface area contributed by atoms with Crippen molar-refractivity contribution < 1.29 is 17.6 Å². The maximum atomic E-state index is 13.3. The fraction of sp³-hybridized carbons (Fsp3) is 0.500. The van der Waals surface area contributed by atoms with Crippen LogP contribution in [-0.4, -0.2) is 31.1 Å². The second-order valence-corrected chi connectivity index (χ2v) is 4.32. The van der Waals surface area contributed by atoms with Crippen LogP contribution in [0.1, 0.15) is 12.8 Å². The molecule has 100 valence electrons. The number of likely N-dealkylation sites (tertiary alicyclic amines) is 1. The first kappa shape index (κ1) is 13.1. The fourth-order valence-electron chi connectivity index (χ4n) is 2.07. The number of hydrogen-bond donors (Lipinski definition) is 1. The van der Waals surface area contributed by atoms with Crippen molar-refractivity contribution in [2.75, 3.05) is 31.5 Å². The molecule has 0 radical (unpaired) electrons. The van der Waals surface area contributed by atoms with Crippen molar-refractivity contribution in [3.63, 3.8) is 0 Å². The third kappa shape index (κ3) is 2.75. The molecule has 2 rings (SSSR count). The van der Waals surface area contributed by atoms with Gasteiger partial charge < -0.3 is 10.2 Å². The summed E-state index contributed by atoms with van der Waals surface area (Å²) in [6, 6.07) is 0.205. The highest BCUT2D eigenvalue weighted by Gasteiger charge is 2.19. The van der Waals surface area contributed by atoms with Gasteiger partial charge in [0.15, 0.2) is 23.3 Å². The lowest BCUT2D eigenvalue weighted by molar-refractivity contribution is 0.352. The second kappa shape index (κ2) is 5.56. The van der Waals surface area contributed by atoms with E-state index in [9.17, 15) is 17.6 Å². The summed E-state index contributed by atoms with van der Waals surface area (Å²) in [5, 5.41) is 2.42. The van der Waals surface area contributed by atoms with Crippen LogP contribution in [0.25, 0.3) is 0 Å². The first-order valence-electron chi connectivity index (χ1n) is 5.89. The van der Waals surface area contributed by atoms with Crippen molar-refractivity contribution >= 4 is 5.69 Å². The van der Waals surface area contributed by atoms with E-state index in [-0.39, 0.29) is 12.6 Å². The summed E-state index contributed by atoms with van der Waals surface area (Å²) in [5.41, 5.74) is -0.730. The first-order chi connectivity index (χ1) is 8.59. The Morgan fingerprint density at radius 3 is 2.11 bits per heavy atom. The molecule has 1 heterocycles. The summed E-state index contributed by atoms with van der Waals surface area (Å²) in [5.74, 6) is -5.54. The second-order valence-electron chi connectivity index (χ2n) is 4.32. The van der Waals surface area contributed by atoms with Crippen LogP contribution in [0.5, 0.6) is 0 Å². The molecule has 2 nitrogen and oxygen atoms in total. The summed E-state index contributed by atoms with van der Waals surface area (Å²) in [7, 11) is 0. The lowest BCUT2D eigenvalue weighted by atomic mass is 10.2. The Kier molecular flexibility index (Phi) is 4.06. The van der Waals surface area contributed by atoms with Gasteiger partial charge in [0.2, 0.25) is 0 Å². The molecule has 1 aliphatic rings. The minimum Gasteiger partial charge on any atom is -0.379 e. The molecule has 0 aliphatic carbocycles. The Morgan fingerprint density at radius 2 is 1.56 bits per heavy atom. The van der Waals surface area contributed by atoms with Crippen molar-refractivity contribution in [3.05, 3.63) is 29.3 Å². The number of hydrogen-bond acceptors (Lipinski definition) is 2. The Labute approximate surface area is 103 Å². The minimum absolute atomic E-state index is 0.205. The molecular formula is C12H14F4N2. The molecule has 0 atom stereocenters. The highest BCUT2D eigenvalue weighted by atomic mass is 19.2. The molecule has 0 spiro atoms. The maximum Gasteiger partial charge on any atom is 0.185 e. The van der Waals surface area contributed by atoms with Crippen molar-refractivity contribution in [1.82, 2.24) is 4.90 Å². The number of nitrogens with one attached hydrogen (secondary N) is 1. The van der Waals surface area contributed by atoms with Crippen LogP contribution >= 0.6 is 0 Å². The highest BCUT2D eigenvalue weighted by Crippen LogP contribution is 2.23. The van der Waals surface area contributed by atoms with Gasteiger partial charge in [-0.3, -0.25) is 0 Å². The lowest BCUT2D eigenvalue weighted by Gasteiger charge is -2.16. The van der Waals surface area contributed by atoms with Gasteiger partial charge in [-0.05, 0) is 25.9 Å². The van der Waals surface area contributed by atoms with Crippen LogP contribution in [0.2, 0.25) is 0 Å². The van der Waals surface area contributed by atoms with Crippen molar-refractivity contribution in [2.45, 2.75) is 12.8 Å². The van der Waals surface area contributed by atoms with Crippen molar-refractivity contribution in [2.24, 2.45) is 0 Å². The van der Waals surface area contributed by atoms with E-state index in [1.54, 1.807) is 0 Å². The van der Waals surface area contributed by atoms with E-state index in [2.05, 4.69) is 10.2 Å². The molecule has 0 unspecified atom stereocenters. The summed E-state index contributed by atoms with van der Waals surface area (Å²) in [6.45, 7) is 2.74. The molecule has 0 aromatic heterocycles. The average Bonchev–Trinajstić information content (AvgIpc) is 2.84. The molecular weight excluding hydrogens is 248 g/mol.